The Morgan fingerprint density at radius 3 is 2.39 bits per heavy atom. The summed E-state index contributed by atoms with van der Waals surface area (Å²) in [4.78, 5) is 17.6. The van der Waals surface area contributed by atoms with Crippen LogP contribution in [0.25, 0.3) is 11.1 Å². The number of hydrogen-bond donors (Lipinski definition) is 1. The third-order valence-corrected chi connectivity index (χ3v) is 9.95. The standard InChI is InChI=1S/C22H29N3O4S2/c1-13(20(26)24-22-10-14-6-15(11-22)8-16(7-14)12-22)30-21-23-18-9-17(4-5-19(18)29-21)31(27,28)25(2)3/h4-5,9,13-16H,6-8,10-12H2,1-3H3,(H,24,26). The summed E-state index contributed by atoms with van der Waals surface area (Å²) in [6, 6.07) is 4.64. The zero-order chi connectivity index (χ0) is 22.0. The van der Waals surface area contributed by atoms with Gasteiger partial charge in [-0.05, 0) is 81.4 Å². The monoisotopic (exact) mass is 463 g/mol. The van der Waals surface area contributed by atoms with E-state index >= 15 is 0 Å². The molecule has 0 saturated heterocycles. The molecule has 4 bridgehead atoms. The molecule has 1 atom stereocenters. The number of nitrogens with one attached hydrogen (secondary N) is 1. The number of rotatable bonds is 6. The Balaban J connectivity index is 1.29. The summed E-state index contributed by atoms with van der Waals surface area (Å²) in [7, 11) is -0.554. The molecule has 4 fully saturated rings. The van der Waals surface area contributed by atoms with Gasteiger partial charge in [-0.25, -0.2) is 17.7 Å². The van der Waals surface area contributed by atoms with Crippen molar-refractivity contribution in [3.63, 3.8) is 0 Å². The van der Waals surface area contributed by atoms with E-state index in [1.807, 2.05) is 6.92 Å². The van der Waals surface area contributed by atoms with Gasteiger partial charge in [-0.1, -0.05) is 11.8 Å². The minimum Gasteiger partial charge on any atom is -0.431 e. The highest BCUT2D eigenvalue weighted by molar-refractivity contribution is 8.00. The normalized spacial score (nSPS) is 30.8. The van der Waals surface area contributed by atoms with Crippen molar-refractivity contribution >= 4 is 38.8 Å². The third-order valence-electron chi connectivity index (χ3n) is 7.19. The van der Waals surface area contributed by atoms with E-state index in [0.29, 0.717) is 16.3 Å². The molecule has 0 spiro atoms. The Hall–Kier alpha value is -1.58. The van der Waals surface area contributed by atoms with Gasteiger partial charge in [0.1, 0.15) is 5.52 Å². The van der Waals surface area contributed by atoms with E-state index < -0.39 is 10.0 Å². The highest BCUT2D eigenvalue weighted by Crippen LogP contribution is 2.55. The predicted octanol–water partition coefficient (Wildman–Crippen LogP) is 3.64. The average molecular weight is 464 g/mol. The molecule has 168 valence electrons. The number of aromatic nitrogens is 1. The van der Waals surface area contributed by atoms with Crippen molar-refractivity contribution in [3.8, 4) is 0 Å². The first-order valence-electron chi connectivity index (χ1n) is 11.0. The summed E-state index contributed by atoms with van der Waals surface area (Å²) >= 11 is 1.28. The Morgan fingerprint density at radius 2 is 1.81 bits per heavy atom. The Morgan fingerprint density at radius 1 is 1.19 bits per heavy atom. The van der Waals surface area contributed by atoms with Gasteiger partial charge in [0.15, 0.2) is 5.58 Å². The van der Waals surface area contributed by atoms with E-state index in [1.165, 1.54) is 61.6 Å². The van der Waals surface area contributed by atoms with Crippen molar-refractivity contribution < 1.29 is 17.6 Å². The average Bonchev–Trinajstić information content (AvgIpc) is 3.07. The maximum Gasteiger partial charge on any atom is 0.257 e. The molecule has 9 heteroatoms. The van der Waals surface area contributed by atoms with Crippen LogP contribution in [0.15, 0.2) is 32.7 Å². The summed E-state index contributed by atoms with van der Waals surface area (Å²) in [6.07, 6.45) is 7.38. The van der Waals surface area contributed by atoms with E-state index in [4.69, 9.17) is 4.42 Å². The lowest BCUT2D eigenvalue weighted by molar-refractivity contribution is -0.126. The molecule has 31 heavy (non-hydrogen) atoms. The van der Waals surface area contributed by atoms with Crippen LogP contribution in [0.5, 0.6) is 0 Å². The lowest BCUT2D eigenvalue weighted by atomic mass is 9.53. The minimum atomic E-state index is -3.54. The van der Waals surface area contributed by atoms with Gasteiger partial charge in [0.2, 0.25) is 15.9 Å². The largest absolute Gasteiger partial charge is 0.431 e. The van der Waals surface area contributed by atoms with Crippen molar-refractivity contribution in [2.24, 2.45) is 17.8 Å². The number of carbonyl (C=O) groups excluding carboxylic acids is 1. The number of benzene rings is 1. The van der Waals surface area contributed by atoms with Crippen LogP contribution in [0.4, 0.5) is 0 Å². The molecule has 1 N–H and O–H groups in total. The predicted molar refractivity (Wildman–Crippen MR) is 119 cm³/mol. The van der Waals surface area contributed by atoms with Gasteiger partial charge in [-0.2, -0.15) is 0 Å². The first-order chi connectivity index (χ1) is 14.6. The molecule has 1 aromatic carbocycles. The van der Waals surface area contributed by atoms with Gasteiger partial charge in [0.05, 0.1) is 10.1 Å². The summed E-state index contributed by atoms with van der Waals surface area (Å²) in [5, 5.41) is 3.44. The van der Waals surface area contributed by atoms with E-state index in [2.05, 4.69) is 10.3 Å². The zero-order valence-corrected chi connectivity index (χ0v) is 19.8. The van der Waals surface area contributed by atoms with Crippen LogP contribution >= 0.6 is 11.8 Å². The van der Waals surface area contributed by atoms with Crippen molar-refractivity contribution in [2.75, 3.05) is 14.1 Å². The fourth-order valence-corrected chi connectivity index (χ4v) is 7.82. The Labute approximate surface area is 187 Å². The minimum absolute atomic E-state index is 0.0165. The lowest BCUT2D eigenvalue weighted by Gasteiger charge is -2.57. The van der Waals surface area contributed by atoms with Crippen LogP contribution in [0.2, 0.25) is 0 Å². The molecule has 0 aliphatic heterocycles. The lowest BCUT2D eigenvalue weighted by Crippen LogP contribution is -2.60. The van der Waals surface area contributed by atoms with E-state index in [0.717, 1.165) is 37.0 Å². The number of oxazole rings is 1. The SMILES string of the molecule is CC(Sc1nc2cc(S(=O)(=O)N(C)C)ccc2o1)C(=O)NC12CC3CC(CC(C3)C1)C2. The van der Waals surface area contributed by atoms with Gasteiger partial charge in [0.25, 0.3) is 5.22 Å². The Kier molecular flexibility index (Phi) is 5.14. The topological polar surface area (TPSA) is 92.5 Å². The van der Waals surface area contributed by atoms with Crippen molar-refractivity contribution in [2.45, 2.75) is 66.4 Å². The third kappa shape index (κ3) is 3.89. The molecule has 1 unspecified atom stereocenters. The van der Waals surface area contributed by atoms with Crippen LogP contribution in [0.3, 0.4) is 0 Å². The molecule has 1 amide bonds. The summed E-state index contributed by atoms with van der Waals surface area (Å²) in [6.45, 7) is 1.87. The molecule has 4 aliphatic rings. The van der Waals surface area contributed by atoms with E-state index in [9.17, 15) is 13.2 Å². The number of sulfonamides is 1. The first kappa shape index (κ1) is 21.3. The van der Waals surface area contributed by atoms with Crippen molar-refractivity contribution in [1.82, 2.24) is 14.6 Å². The van der Waals surface area contributed by atoms with Crippen LogP contribution in [-0.2, 0) is 14.8 Å². The molecular formula is C22H29N3O4S2. The van der Waals surface area contributed by atoms with E-state index in [-0.39, 0.29) is 21.6 Å². The fraction of sp³-hybridized carbons (Fsp3) is 0.636. The van der Waals surface area contributed by atoms with Gasteiger partial charge in [-0.15, -0.1) is 0 Å². The molecular weight excluding hydrogens is 434 g/mol. The summed E-state index contributed by atoms with van der Waals surface area (Å²) < 4.78 is 31.7. The molecule has 4 aliphatic carbocycles. The molecule has 6 rings (SSSR count). The van der Waals surface area contributed by atoms with Crippen molar-refractivity contribution in [1.29, 1.82) is 0 Å². The highest BCUT2D eigenvalue weighted by atomic mass is 32.2. The quantitative estimate of drug-likeness (QED) is 0.658. The van der Waals surface area contributed by atoms with Gasteiger partial charge < -0.3 is 9.73 Å². The van der Waals surface area contributed by atoms with Crippen LogP contribution in [0, 0.1) is 17.8 Å². The first-order valence-corrected chi connectivity index (χ1v) is 13.3. The smallest absolute Gasteiger partial charge is 0.257 e. The van der Waals surface area contributed by atoms with Gasteiger partial charge in [-0.3, -0.25) is 4.79 Å². The second-order valence-corrected chi connectivity index (χ2v) is 13.3. The molecule has 2 aromatic rings. The summed E-state index contributed by atoms with van der Waals surface area (Å²) in [5.74, 6) is 2.36. The number of hydrogen-bond acceptors (Lipinski definition) is 6. The molecule has 1 aromatic heterocycles. The fourth-order valence-electron chi connectivity index (χ4n) is 6.14. The van der Waals surface area contributed by atoms with Gasteiger partial charge in [0, 0.05) is 19.6 Å². The molecule has 4 saturated carbocycles. The second kappa shape index (κ2) is 7.49. The number of carbonyl (C=O) groups is 1. The Bertz CT molecular complexity index is 1090. The maximum absolute atomic E-state index is 13.0. The summed E-state index contributed by atoms with van der Waals surface area (Å²) in [5.41, 5.74) is 0.963. The second-order valence-electron chi connectivity index (χ2n) is 9.84. The van der Waals surface area contributed by atoms with Crippen LogP contribution < -0.4 is 5.32 Å². The van der Waals surface area contributed by atoms with Crippen LogP contribution in [-0.4, -0.2) is 48.5 Å². The van der Waals surface area contributed by atoms with Crippen molar-refractivity contribution in [3.05, 3.63) is 18.2 Å². The number of amides is 1. The molecule has 0 radical (unpaired) electrons. The van der Waals surface area contributed by atoms with Crippen LogP contribution in [0.1, 0.15) is 45.4 Å². The number of fused-ring (bicyclic) bond motifs is 1. The number of nitrogens with zero attached hydrogens (tertiary/aromatic N) is 2. The molecule has 7 nitrogen and oxygen atoms in total. The van der Waals surface area contributed by atoms with E-state index in [1.54, 1.807) is 6.07 Å². The maximum atomic E-state index is 13.0. The number of thioether (sulfide) groups is 1. The molecule has 1 heterocycles. The van der Waals surface area contributed by atoms with Gasteiger partial charge >= 0.3 is 0 Å². The highest BCUT2D eigenvalue weighted by Gasteiger charge is 2.51. The zero-order valence-electron chi connectivity index (χ0n) is 18.1.